The summed E-state index contributed by atoms with van der Waals surface area (Å²) in [6.07, 6.45) is 4.28. The molecule has 7 heteroatoms. The van der Waals surface area contributed by atoms with Crippen molar-refractivity contribution >= 4 is 23.4 Å². The lowest BCUT2D eigenvalue weighted by atomic mass is 10.1. The van der Waals surface area contributed by atoms with E-state index in [0.717, 1.165) is 19.4 Å². The summed E-state index contributed by atoms with van der Waals surface area (Å²) in [4.78, 5) is 39.4. The van der Waals surface area contributed by atoms with Gasteiger partial charge in [-0.2, -0.15) is 0 Å². The van der Waals surface area contributed by atoms with E-state index in [9.17, 15) is 14.4 Å². The summed E-state index contributed by atoms with van der Waals surface area (Å²) in [5, 5.41) is 5.85. The third kappa shape index (κ3) is 6.20. The molecule has 2 heterocycles. The van der Waals surface area contributed by atoms with Crippen molar-refractivity contribution in [2.75, 3.05) is 18.4 Å². The van der Waals surface area contributed by atoms with Gasteiger partial charge in [-0.3, -0.25) is 14.4 Å². The highest BCUT2D eigenvalue weighted by molar-refractivity contribution is 6.05. The Hall–Kier alpha value is -3.09. The molecular weight excluding hydrogens is 394 g/mol. The molecule has 0 saturated carbocycles. The number of furan rings is 1. The molecular formula is C24H31N3O4. The Labute approximate surface area is 183 Å². The highest BCUT2D eigenvalue weighted by Gasteiger charge is 2.24. The Balaban J connectivity index is 1.58. The van der Waals surface area contributed by atoms with E-state index in [1.807, 2.05) is 4.90 Å². The minimum Gasteiger partial charge on any atom is -0.469 e. The van der Waals surface area contributed by atoms with Crippen LogP contribution in [0.15, 0.2) is 41.0 Å². The van der Waals surface area contributed by atoms with Crippen molar-refractivity contribution < 1.29 is 18.8 Å². The molecule has 0 bridgehead atoms. The van der Waals surface area contributed by atoms with E-state index in [0.29, 0.717) is 47.9 Å². The number of hydrogen-bond acceptors (Lipinski definition) is 4. The highest BCUT2D eigenvalue weighted by atomic mass is 16.3. The van der Waals surface area contributed by atoms with Crippen molar-refractivity contribution in [2.24, 2.45) is 5.92 Å². The van der Waals surface area contributed by atoms with Crippen LogP contribution in [0.2, 0.25) is 0 Å². The average molecular weight is 426 g/mol. The highest BCUT2D eigenvalue weighted by Crippen LogP contribution is 2.17. The lowest BCUT2D eigenvalue weighted by Crippen LogP contribution is -2.36. The predicted octanol–water partition coefficient (Wildman–Crippen LogP) is 4.00. The number of carbonyl (C=O) groups is 3. The topological polar surface area (TPSA) is 91.6 Å². The van der Waals surface area contributed by atoms with Crippen molar-refractivity contribution in [3.8, 4) is 0 Å². The van der Waals surface area contributed by atoms with Crippen LogP contribution in [-0.4, -0.2) is 41.8 Å². The van der Waals surface area contributed by atoms with Crippen LogP contribution in [0.5, 0.6) is 0 Å². The lowest BCUT2D eigenvalue weighted by Gasteiger charge is -2.22. The van der Waals surface area contributed by atoms with E-state index in [1.54, 1.807) is 37.3 Å². The maximum absolute atomic E-state index is 12.8. The maximum atomic E-state index is 12.8. The summed E-state index contributed by atoms with van der Waals surface area (Å²) in [6.45, 7) is 7.46. The van der Waals surface area contributed by atoms with Gasteiger partial charge in [0.1, 0.15) is 5.76 Å². The molecule has 0 spiro atoms. The number of nitrogens with zero attached hydrogens (tertiary/aromatic N) is 1. The van der Waals surface area contributed by atoms with E-state index in [1.165, 1.54) is 6.26 Å². The third-order valence-electron chi connectivity index (χ3n) is 5.60. The molecule has 0 radical (unpaired) electrons. The van der Waals surface area contributed by atoms with E-state index in [-0.39, 0.29) is 23.8 Å². The first-order chi connectivity index (χ1) is 14.8. The molecule has 3 amide bonds. The molecule has 166 valence electrons. The largest absolute Gasteiger partial charge is 0.469 e. The second-order valence-corrected chi connectivity index (χ2v) is 8.49. The van der Waals surface area contributed by atoms with Crippen molar-refractivity contribution in [3.63, 3.8) is 0 Å². The lowest BCUT2D eigenvalue weighted by molar-refractivity contribution is -0.130. The number of aryl methyl sites for hydroxylation is 1. The molecule has 1 unspecified atom stereocenters. The van der Waals surface area contributed by atoms with Crippen LogP contribution < -0.4 is 10.6 Å². The zero-order valence-electron chi connectivity index (χ0n) is 18.4. The molecule has 1 aliphatic rings. The molecule has 1 saturated heterocycles. The first kappa shape index (κ1) is 22.6. The second kappa shape index (κ2) is 10.3. The van der Waals surface area contributed by atoms with Crippen LogP contribution in [-0.2, 0) is 4.79 Å². The first-order valence-electron chi connectivity index (χ1n) is 10.9. The summed E-state index contributed by atoms with van der Waals surface area (Å²) in [5.74, 6) is 0.765. The number of benzene rings is 1. The fraction of sp³-hybridized carbons (Fsp3) is 0.458. The molecule has 7 nitrogen and oxygen atoms in total. The van der Waals surface area contributed by atoms with Crippen LogP contribution in [0.3, 0.4) is 0 Å². The Bertz CT molecular complexity index is 934. The van der Waals surface area contributed by atoms with Gasteiger partial charge in [0.05, 0.1) is 11.8 Å². The van der Waals surface area contributed by atoms with E-state index in [4.69, 9.17) is 4.42 Å². The number of anilines is 1. The molecule has 1 aromatic heterocycles. The summed E-state index contributed by atoms with van der Waals surface area (Å²) in [6, 6.07) is 8.40. The van der Waals surface area contributed by atoms with E-state index in [2.05, 4.69) is 24.5 Å². The Morgan fingerprint density at radius 2 is 2.00 bits per heavy atom. The van der Waals surface area contributed by atoms with Crippen molar-refractivity contribution in [2.45, 2.75) is 52.5 Å². The molecule has 1 aliphatic heterocycles. The number of nitrogens with one attached hydrogen (secondary N) is 2. The van der Waals surface area contributed by atoms with Crippen LogP contribution in [0.4, 0.5) is 5.69 Å². The smallest absolute Gasteiger partial charge is 0.259 e. The minimum absolute atomic E-state index is 0.0488. The van der Waals surface area contributed by atoms with Gasteiger partial charge >= 0.3 is 0 Å². The van der Waals surface area contributed by atoms with Crippen LogP contribution >= 0.6 is 0 Å². The Morgan fingerprint density at radius 1 is 1.19 bits per heavy atom. The van der Waals surface area contributed by atoms with Gasteiger partial charge < -0.3 is 20.0 Å². The normalized spacial score (nSPS) is 16.8. The molecule has 1 aromatic carbocycles. The first-order valence-corrected chi connectivity index (χ1v) is 10.9. The van der Waals surface area contributed by atoms with Gasteiger partial charge in [-0.15, -0.1) is 0 Å². The Kier molecular flexibility index (Phi) is 7.50. The van der Waals surface area contributed by atoms with E-state index < -0.39 is 0 Å². The van der Waals surface area contributed by atoms with Crippen molar-refractivity contribution in [1.82, 2.24) is 10.2 Å². The number of carbonyl (C=O) groups excluding carboxylic acids is 3. The summed E-state index contributed by atoms with van der Waals surface area (Å²) >= 11 is 0. The van der Waals surface area contributed by atoms with Crippen molar-refractivity contribution in [1.29, 1.82) is 0 Å². The Morgan fingerprint density at radius 3 is 2.71 bits per heavy atom. The summed E-state index contributed by atoms with van der Waals surface area (Å²) in [7, 11) is 0. The third-order valence-corrected chi connectivity index (χ3v) is 5.60. The second-order valence-electron chi connectivity index (χ2n) is 8.49. The zero-order chi connectivity index (χ0) is 22.4. The van der Waals surface area contributed by atoms with Gasteiger partial charge in [0.2, 0.25) is 5.91 Å². The molecule has 2 aromatic rings. The zero-order valence-corrected chi connectivity index (χ0v) is 18.4. The summed E-state index contributed by atoms with van der Waals surface area (Å²) in [5.41, 5.74) is 1.46. The quantitative estimate of drug-likeness (QED) is 0.701. The van der Waals surface area contributed by atoms with Gasteiger partial charge in [0, 0.05) is 36.8 Å². The fourth-order valence-electron chi connectivity index (χ4n) is 3.66. The van der Waals surface area contributed by atoms with Crippen LogP contribution in [0.1, 0.15) is 66.0 Å². The van der Waals surface area contributed by atoms with Gasteiger partial charge in [-0.25, -0.2) is 0 Å². The van der Waals surface area contributed by atoms with Gasteiger partial charge in [0.25, 0.3) is 11.8 Å². The molecule has 31 heavy (non-hydrogen) atoms. The van der Waals surface area contributed by atoms with Gasteiger partial charge in [-0.05, 0) is 56.4 Å². The molecule has 2 N–H and O–H groups in total. The molecule has 1 atom stereocenters. The van der Waals surface area contributed by atoms with Crippen LogP contribution in [0, 0.1) is 12.8 Å². The van der Waals surface area contributed by atoms with Crippen LogP contribution in [0.25, 0.3) is 0 Å². The number of rotatable bonds is 7. The minimum atomic E-state index is -0.285. The summed E-state index contributed by atoms with van der Waals surface area (Å²) < 4.78 is 5.17. The SMILES string of the molecule is Cc1occc1C(=O)Nc1cccc(C(=O)NC2CCC(=O)N(CCC(C)C)CC2)c1. The predicted molar refractivity (Wildman–Crippen MR) is 119 cm³/mol. The van der Waals surface area contributed by atoms with Gasteiger partial charge in [-0.1, -0.05) is 19.9 Å². The van der Waals surface area contributed by atoms with Gasteiger partial charge in [0.15, 0.2) is 0 Å². The molecule has 3 rings (SSSR count). The number of likely N-dealkylation sites (tertiary alicyclic amines) is 1. The van der Waals surface area contributed by atoms with E-state index >= 15 is 0 Å². The fourth-order valence-corrected chi connectivity index (χ4v) is 3.66. The number of hydrogen-bond donors (Lipinski definition) is 2. The molecule has 0 aliphatic carbocycles. The standard InChI is InChI=1S/C24H31N3O4/c1-16(2)9-12-27-13-10-19(7-8-22(27)28)25-23(29)18-5-4-6-20(15-18)26-24(30)21-11-14-31-17(21)3/h4-6,11,14-16,19H,7-10,12-13H2,1-3H3,(H,25,29)(H,26,30). The average Bonchev–Trinajstić information content (AvgIpc) is 3.09. The van der Waals surface area contributed by atoms with Crippen molar-refractivity contribution in [3.05, 3.63) is 53.5 Å². The monoisotopic (exact) mass is 425 g/mol. The molecule has 1 fully saturated rings. The maximum Gasteiger partial charge on any atom is 0.259 e. The number of amides is 3.